The van der Waals surface area contributed by atoms with Crippen molar-refractivity contribution >= 4 is 17.5 Å². The van der Waals surface area contributed by atoms with Crippen molar-refractivity contribution in [2.75, 3.05) is 5.32 Å². The molecule has 0 aliphatic heterocycles. The second-order valence-corrected chi connectivity index (χ2v) is 5.77. The molecule has 0 heterocycles. The van der Waals surface area contributed by atoms with E-state index < -0.39 is 0 Å². The molecule has 0 aliphatic carbocycles. The molecule has 0 saturated heterocycles. The molecule has 0 saturated carbocycles. The topological polar surface area (TPSA) is 58.2 Å². The summed E-state index contributed by atoms with van der Waals surface area (Å²) in [5.41, 5.74) is 3.96. The molecule has 2 rings (SSSR count). The van der Waals surface area contributed by atoms with Gasteiger partial charge in [0.1, 0.15) is 0 Å². The Labute approximate surface area is 162 Å². The van der Waals surface area contributed by atoms with E-state index in [4.69, 9.17) is 0 Å². The third-order valence-electron chi connectivity index (χ3n) is 3.74. The lowest BCUT2D eigenvalue weighted by Gasteiger charge is -2.13. The standard InChI is InChI=1S/C21H22N2O2.C2H6/c1-5-17(6-2)22-21(25)18-13-15(4)10-11-19(18)23-20(24)16-9-7-8-14(3)12-16;1-2/h5-13H,1H2,2-4H3,(H,22,25)(H,23,24);1-2H3/b17-6+;. The smallest absolute Gasteiger partial charge is 0.257 e. The van der Waals surface area contributed by atoms with Crippen molar-refractivity contribution in [1.82, 2.24) is 5.32 Å². The van der Waals surface area contributed by atoms with Gasteiger partial charge in [0.25, 0.3) is 11.8 Å². The highest BCUT2D eigenvalue weighted by atomic mass is 16.2. The summed E-state index contributed by atoms with van der Waals surface area (Å²) in [4.78, 5) is 25.1. The molecule has 27 heavy (non-hydrogen) atoms. The Morgan fingerprint density at radius 2 is 1.63 bits per heavy atom. The van der Waals surface area contributed by atoms with Gasteiger partial charge in [-0.1, -0.05) is 55.8 Å². The van der Waals surface area contributed by atoms with E-state index in [9.17, 15) is 9.59 Å². The van der Waals surface area contributed by atoms with E-state index in [1.165, 1.54) is 0 Å². The molecule has 0 aliphatic rings. The Kier molecular flexibility index (Phi) is 8.73. The lowest BCUT2D eigenvalue weighted by molar-refractivity contribution is 0.0968. The summed E-state index contributed by atoms with van der Waals surface area (Å²) in [6, 6.07) is 12.6. The van der Waals surface area contributed by atoms with Crippen molar-refractivity contribution in [2.45, 2.75) is 34.6 Å². The molecule has 0 bridgehead atoms. The van der Waals surface area contributed by atoms with Crippen LogP contribution in [0.2, 0.25) is 0 Å². The van der Waals surface area contributed by atoms with E-state index in [0.717, 1.165) is 11.1 Å². The molecule has 0 aromatic heterocycles. The van der Waals surface area contributed by atoms with Gasteiger partial charge in [-0.3, -0.25) is 9.59 Å². The quantitative estimate of drug-likeness (QED) is 0.698. The average Bonchev–Trinajstić information content (AvgIpc) is 2.68. The van der Waals surface area contributed by atoms with Crippen LogP contribution in [0, 0.1) is 13.8 Å². The first-order chi connectivity index (χ1) is 12.9. The summed E-state index contributed by atoms with van der Waals surface area (Å²) in [7, 11) is 0. The summed E-state index contributed by atoms with van der Waals surface area (Å²) in [5, 5.41) is 5.60. The molecular formula is C23H28N2O2. The van der Waals surface area contributed by atoms with Crippen molar-refractivity contribution in [1.29, 1.82) is 0 Å². The maximum atomic E-state index is 12.6. The number of aryl methyl sites for hydroxylation is 2. The number of carbonyl (C=O) groups excluding carboxylic acids is 2. The van der Waals surface area contributed by atoms with Gasteiger partial charge in [0.15, 0.2) is 0 Å². The molecule has 0 fully saturated rings. The second-order valence-electron chi connectivity index (χ2n) is 5.77. The summed E-state index contributed by atoms with van der Waals surface area (Å²) < 4.78 is 0. The normalized spacial score (nSPS) is 10.3. The summed E-state index contributed by atoms with van der Waals surface area (Å²) in [5.74, 6) is -0.548. The zero-order valence-electron chi connectivity index (χ0n) is 16.7. The zero-order valence-corrected chi connectivity index (χ0v) is 16.7. The van der Waals surface area contributed by atoms with Crippen LogP contribution in [0.3, 0.4) is 0 Å². The minimum atomic E-state index is -0.295. The molecule has 4 nitrogen and oxygen atoms in total. The van der Waals surface area contributed by atoms with Gasteiger partial charge >= 0.3 is 0 Å². The van der Waals surface area contributed by atoms with E-state index in [1.54, 1.807) is 36.4 Å². The predicted octanol–water partition coefficient (Wildman–Crippen LogP) is 5.40. The number of anilines is 1. The highest BCUT2D eigenvalue weighted by molar-refractivity contribution is 6.09. The Morgan fingerprint density at radius 1 is 0.963 bits per heavy atom. The van der Waals surface area contributed by atoms with Crippen LogP contribution < -0.4 is 10.6 Å². The third-order valence-corrected chi connectivity index (χ3v) is 3.74. The fourth-order valence-electron chi connectivity index (χ4n) is 2.38. The van der Waals surface area contributed by atoms with Crippen molar-refractivity contribution in [3.8, 4) is 0 Å². The van der Waals surface area contributed by atoms with Gasteiger partial charge in [-0.15, -0.1) is 0 Å². The molecule has 0 atom stereocenters. The van der Waals surface area contributed by atoms with E-state index in [1.807, 2.05) is 52.8 Å². The third kappa shape index (κ3) is 6.26. The number of hydrogen-bond donors (Lipinski definition) is 2. The van der Waals surface area contributed by atoms with Crippen LogP contribution in [0.4, 0.5) is 5.69 Å². The highest BCUT2D eigenvalue weighted by Crippen LogP contribution is 2.19. The number of nitrogens with one attached hydrogen (secondary N) is 2. The van der Waals surface area contributed by atoms with Crippen LogP contribution in [0.1, 0.15) is 52.6 Å². The number of allylic oxidation sites excluding steroid dienone is 2. The van der Waals surface area contributed by atoms with Crippen LogP contribution in [-0.4, -0.2) is 11.8 Å². The monoisotopic (exact) mass is 364 g/mol. The highest BCUT2D eigenvalue weighted by Gasteiger charge is 2.15. The number of benzene rings is 2. The first kappa shape index (κ1) is 21.9. The average molecular weight is 364 g/mol. The minimum absolute atomic E-state index is 0.253. The van der Waals surface area contributed by atoms with Gasteiger partial charge in [0.05, 0.1) is 11.3 Å². The first-order valence-electron chi connectivity index (χ1n) is 9.03. The van der Waals surface area contributed by atoms with Crippen molar-refractivity contribution < 1.29 is 9.59 Å². The van der Waals surface area contributed by atoms with Crippen molar-refractivity contribution in [3.05, 3.63) is 89.1 Å². The van der Waals surface area contributed by atoms with Crippen molar-refractivity contribution in [2.24, 2.45) is 0 Å². The van der Waals surface area contributed by atoms with E-state index in [2.05, 4.69) is 17.2 Å². The molecular weight excluding hydrogens is 336 g/mol. The van der Waals surface area contributed by atoms with Gasteiger partial charge < -0.3 is 10.6 Å². The molecule has 0 spiro atoms. The summed E-state index contributed by atoms with van der Waals surface area (Å²) in [6.45, 7) is 13.3. The summed E-state index contributed by atoms with van der Waals surface area (Å²) >= 11 is 0. The molecule has 142 valence electrons. The molecule has 2 N–H and O–H groups in total. The van der Waals surface area contributed by atoms with E-state index >= 15 is 0 Å². The van der Waals surface area contributed by atoms with Crippen LogP contribution in [-0.2, 0) is 0 Å². The lowest BCUT2D eigenvalue weighted by Crippen LogP contribution is -2.24. The maximum absolute atomic E-state index is 12.6. The second kappa shape index (κ2) is 10.8. The van der Waals surface area contributed by atoms with Gasteiger partial charge in [0.2, 0.25) is 0 Å². The summed E-state index contributed by atoms with van der Waals surface area (Å²) in [6.07, 6.45) is 3.32. The first-order valence-corrected chi connectivity index (χ1v) is 9.03. The van der Waals surface area contributed by atoms with Crippen LogP contribution in [0.5, 0.6) is 0 Å². The van der Waals surface area contributed by atoms with E-state index in [0.29, 0.717) is 22.5 Å². The largest absolute Gasteiger partial charge is 0.322 e. The zero-order chi connectivity index (χ0) is 20.4. The molecule has 2 amide bonds. The minimum Gasteiger partial charge on any atom is -0.322 e. The van der Waals surface area contributed by atoms with Gasteiger partial charge in [-0.2, -0.15) is 0 Å². The Hall–Kier alpha value is -3.14. The van der Waals surface area contributed by atoms with Crippen molar-refractivity contribution in [3.63, 3.8) is 0 Å². The van der Waals surface area contributed by atoms with Crippen LogP contribution >= 0.6 is 0 Å². The van der Waals surface area contributed by atoms with Crippen LogP contribution in [0.15, 0.2) is 66.9 Å². The Morgan fingerprint density at radius 3 is 2.22 bits per heavy atom. The number of amides is 2. The number of hydrogen-bond acceptors (Lipinski definition) is 2. The number of carbonyl (C=O) groups is 2. The Balaban J connectivity index is 0.00000176. The van der Waals surface area contributed by atoms with Gasteiger partial charge in [0, 0.05) is 11.3 Å². The number of rotatable bonds is 5. The molecule has 4 heteroatoms. The van der Waals surface area contributed by atoms with Gasteiger partial charge in [-0.25, -0.2) is 0 Å². The van der Waals surface area contributed by atoms with Crippen LogP contribution in [0.25, 0.3) is 0 Å². The fourth-order valence-corrected chi connectivity index (χ4v) is 2.38. The Bertz CT molecular complexity index is 851. The molecule has 2 aromatic rings. The lowest BCUT2D eigenvalue weighted by atomic mass is 10.1. The van der Waals surface area contributed by atoms with E-state index in [-0.39, 0.29) is 11.8 Å². The molecule has 0 radical (unpaired) electrons. The fraction of sp³-hybridized carbons (Fsp3) is 0.217. The molecule has 0 unspecified atom stereocenters. The SMILES string of the molecule is C=C/C(=C\C)NC(=O)c1cc(C)ccc1NC(=O)c1cccc(C)c1.CC. The van der Waals surface area contributed by atoms with Gasteiger partial charge in [-0.05, 0) is 51.1 Å². The molecule has 2 aromatic carbocycles. The maximum Gasteiger partial charge on any atom is 0.257 e. The predicted molar refractivity (Wildman–Crippen MR) is 113 cm³/mol.